The molecule has 1 saturated heterocycles. The first kappa shape index (κ1) is 19.2. The summed E-state index contributed by atoms with van der Waals surface area (Å²) in [6.45, 7) is 5.65. The van der Waals surface area contributed by atoms with Crippen LogP contribution in [0, 0.1) is 23.1 Å². The first-order valence-electron chi connectivity index (χ1n) is 9.87. The highest BCUT2D eigenvalue weighted by Gasteiger charge is 2.24. The van der Waals surface area contributed by atoms with Gasteiger partial charge in [-0.15, -0.1) is 0 Å². The van der Waals surface area contributed by atoms with Crippen molar-refractivity contribution in [1.29, 1.82) is 5.26 Å². The van der Waals surface area contributed by atoms with Crippen LogP contribution < -0.4 is 5.32 Å². The van der Waals surface area contributed by atoms with E-state index in [1.807, 2.05) is 31.3 Å². The fourth-order valence-corrected chi connectivity index (χ4v) is 3.93. The lowest BCUT2D eigenvalue weighted by atomic mass is 9.88. The Balaban J connectivity index is 1.69. The van der Waals surface area contributed by atoms with Crippen molar-refractivity contribution in [2.45, 2.75) is 13.3 Å². The van der Waals surface area contributed by atoms with E-state index in [1.54, 1.807) is 17.0 Å². The molecule has 29 heavy (non-hydrogen) atoms. The molecule has 3 aliphatic rings. The molecule has 1 N–H and O–H groups in total. The Labute approximate surface area is 170 Å². The van der Waals surface area contributed by atoms with Gasteiger partial charge in [0.05, 0.1) is 17.3 Å². The predicted octanol–water partition coefficient (Wildman–Crippen LogP) is 3.15. The molecule has 0 aliphatic carbocycles. The summed E-state index contributed by atoms with van der Waals surface area (Å²) < 4.78 is 14.0. The Morgan fingerprint density at radius 2 is 1.93 bits per heavy atom. The van der Waals surface area contributed by atoms with E-state index >= 15 is 0 Å². The number of rotatable bonds is 2. The highest BCUT2D eigenvalue weighted by molar-refractivity contribution is 5.98. The average Bonchev–Trinajstić information content (AvgIpc) is 2.74. The van der Waals surface area contributed by atoms with Gasteiger partial charge in [0, 0.05) is 44.2 Å². The van der Waals surface area contributed by atoms with Crippen LogP contribution in [-0.4, -0.2) is 41.9 Å². The minimum Gasteiger partial charge on any atom is -0.368 e. The first-order chi connectivity index (χ1) is 14.0. The molecule has 0 bridgehead atoms. The highest BCUT2D eigenvalue weighted by atomic mass is 19.1. The summed E-state index contributed by atoms with van der Waals surface area (Å²) in [5.74, 6) is -0.619. The van der Waals surface area contributed by atoms with Crippen LogP contribution in [0.15, 0.2) is 60.1 Å². The van der Waals surface area contributed by atoms with Crippen molar-refractivity contribution in [3.8, 4) is 6.07 Å². The van der Waals surface area contributed by atoms with E-state index in [-0.39, 0.29) is 17.4 Å². The molecule has 6 heteroatoms. The second-order valence-electron chi connectivity index (χ2n) is 7.54. The van der Waals surface area contributed by atoms with Gasteiger partial charge in [-0.1, -0.05) is 13.0 Å². The largest absolute Gasteiger partial charge is 0.368 e. The number of carbonyl (C=O) groups excluding carboxylic acids is 1. The number of benzene rings is 1. The number of amides is 1. The van der Waals surface area contributed by atoms with Crippen molar-refractivity contribution in [1.82, 2.24) is 15.1 Å². The number of nitrogens with one attached hydrogen (secondary N) is 1. The molecule has 1 amide bonds. The van der Waals surface area contributed by atoms with E-state index < -0.39 is 5.82 Å². The third-order valence-electron chi connectivity index (χ3n) is 5.53. The van der Waals surface area contributed by atoms with Crippen LogP contribution in [-0.2, 0) is 4.79 Å². The predicted molar refractivity (Wildman–Crippen MR) is 109 cm³/mol. The first-order valence-corrected chi connectivity index (χ1v) is 9.87. The number of halogens is 1. The number of carbonyl (C=O) groups is 1. The van der Waals surface area contributed by atoms with Gasteiger partial charge in [0.2, 0.25) is 0 Å². The van der Waals surface area contributed by atoms with Gasteiger partial charge in [0.25, 0.3) is 5.91 Å². The lowest BCUT2D eigenvalue weighted by molar-refractivity contribution is -0.122. The summed E-state index contributed by atoms with van der Waals surface area (Å²) in [5, 5.41) is 12.5. The molecule has 1 aromatic rings. The minimum atomic E-state index is -0.473. The molecule has 0 aromatic heterocycles. The quantitative estimate of drug-likeness (QED) is 0.843. The molecule has 1 unspecified atom stereocenters. The van der Waals surface area contributed by atoms with Gasteiger partial charge in [-0.3, -0.25) is 9.69 Å². The van der Waals surface area contributed by atoms with Crippen molar-refractivity contribution in [2.75, 3.05) is 26.2 Å². The normalized spacial score (nSPS) is 22.0. The van der Waals surface area contributed by atoms with Crippen LogP contribution in [0.3, 0.4) is 0 Å². The van der Waals surface area contributed by atoms with Crippen molar-refractivity contribution >= 4 is 11.5 Å². The summed E-state index contributed by atoms with van der Waals surface area (Å²) in [4.78, 5) is 17.1. The average molecular weight is 390 g/mol. The van der Waals surface area contributed by atoms with Gasteiger partial charge in [-0.2, -0.15) is 5.26 Å². The van der Waals surface area contributed by atoms with Gasteiger partial charge in [-0.05, 0) is 53.8 Å². The SMILES string of the molecule is CC1CC=C2C=CC(N3CCNCC3)=CN2C(=O)C=C1c1cc(F)cc(C#N)c1. The maximum Gasteiger partial charge on any atom is 0.255 e. The molecule has 148 valence electrons. The zero-order chi connectivity index (χ0) is 20.4. The van der Waals surface area contributed by atoms with E-state index in [0.29, 0.717) is 12.0 Å². The molecule has 1 aromatic carbocycles. The molecule has 1 atom stereocenters. The van der Waals surface area contributed by atoms with Crippen LogP contribution in [0.5, 0.6) is 0 Å². The molecule has 0 radical (unpaired) electrons. The molecule has 1 fully saturated rings. The Morgan fingerprint density at radius 1 is 1.17 bits per heavy atom. The Hall–Kier alpha value is -3.17. The van der Waals surface area contributed by atoms with Crippen LogP contribution in [0.2, 0.25) is 0 Å². The Morgan fingerprint density at radius 3 is 2.69 bits per heavy atom. The van der Waals surface area contributed by atoms with Crippen molar-refractivity contribution in [3.63, 3.8) is 0 Å². The summed E-state index contributed by atoms with van der Waals surface area (Å²) in [6.07, 6.45) is 10.3. The Kier molecular flexibility index (Phi) is 5.32. The number of nitrogens with zero attached hydrogens (tertiary/aromatic N) is 3. The lowest BCUT2D eigenvalue weighted by Crippen LogP contribution is -2.43. The van der Waals surface area contributed by atoms with E-state index in [4.69, 9.17) is 5.26 Å². The van der Waals surface area contributed by atoms with Gasteiger partial charge in [0.15, 0.2) is 0 Å². The van der Waals surface area contributed by atoms with Gasteiger partial charge in [-0.25, -0.2) is 4.39 Å². The summed E-state index contributed by atoms with van der Waals surface area (Å²) in [7, 11) is 0. The van der Waals surface area contributed by atoms with Crippen molar-refractivity contribution in [3.05, 3.63) is 77.0 Å². The second kappa shape index (κ2) is 8.06. The van der Waals surface area contributed by atoms with Gasteiger partial charge in [0.1, 0.15) is 5.82 Å². The van der Waals surface area contributed by atoms with E-state index in [0.717, 1.165) is 43.1 Å². The molecule has 5 nitrogen and oxygen atoms in total. The molecule has 3 aliphatic heterocycles. The van der Waals surface area contributed by atoms with Crippen LogP contribution >= 0.6 is 0 Å². The summed E-state index contributed by atoms with van der Waals surface area (Å²) in [5.41, 5.74) is 3.44. The lowest BCUT2D eigenvalue weighted by Gasteiger charge is -2.34. The number of piperazine rings is 1. The van der Waals surface area contributed by atoms with E-state index in [2.05, 4.69) is 16.3 Å². The Bertz CT molecular complexity index is 993. The van der Waals surface area contributed by atoms with Crippen molar-refractivity contribution < 1.29 is 9.18 Å². The third kappa shape index (κ3) is 4.01. The van der Waals surface area contributed by atoms with Gasteiger partial charge < -0.3 is 10.2 Å². The third-order valence-corrected chi connectivity index (χ3v) is 5.53. The van der Waals surface area contributed by atoms with E-state index in [9.17, 15) is 9.18 Å². The molecule has 4 rings (SSSR count). The fourth-order valence-electron chi connectivity index (χ4n) is 3.93. The number of fused-ring (bicyclic) bond motifs is 1. The maximum absolute atomic E-state index is 14.0. The summed E-state index contributed by atoms with van der Waals surface area (Å²) in [6, 6.07) is 6.22. The second-order valence-corrected chi connectivity index (χ2v) is 7.54. The number of nitriles is 1. The van der Waals surface area contributed by atoms with Crippen LogP contribution in [0.25, 0.3) is 5.57 Å². The monoisotopic (exact) mass is 390 g/mol. The fraction of sp³-hybridized carbons (Fsp3) is 0.304. The van der Waals surface area contributed by atoms with Crippen molar-refractivity contribution in [2.24, 2.45) is 5.92 Å². The highest BCUT2D eigenvalue weighted by Crippen LogP contribution is 2.32. The minimum absolute atomic E-state index is 0.0221. The van der Waals surface area contributed by atoms with Gasteiger partial charge >= 0.3 is 0 Å². The number of allylic oxidation sites excluding steroid dienone is 4. The smallest absolute Gasteiger partial charge is 0.255 e. The molecular weight excluding hydrogens is 367 g/mol. The molecule has 0 saturated carbocycles. The number of hydrogen-bond acceptors (Lipinski definition) is 4. The topological polar surface area (TPSA) is 59.4 Å². The zero-order valence-electron chi connectivity index (χ0n) is 16.4. The van der Waals surface area contributed by atoms with E-state index in [1.165, 1.54) is 12.1 Å². The maximum atomic E-state index is 14.0. The molecule has 0 spiro atoms. The standard InChI is InChI=1S/C23H23FN4O/c1-16-2-3-20-4-5-21(27-8-6-26-7-9-27)15-28(20)23(29)13-22(16)18-10-17(14-25)11-19(24)12-18/h3-5,10-13,15-16,26H,2,6-9H2,1H3. The molecular formula is C23H23FN4O. The zero-order valence-corrected chi connectivity index (χ0v) is 16.4. The summed E-state index contributed by atoms with van der Waals surface area (Å²) >= 11 is 0. The van der Waals surface area contributed by atoms with Crippen LogP contribution in [0.4, 0.5) is 4.39 Å². The number of hydrogen-bond donors (Lipinski definition) is 1. The van der Waals surface area contributed by atoms with Crippen LogP contribution in [0.1, 0.15) is 24.5 Å². The molecule has 3 heterocycles.